The summed E-state index contributed by atoms with van der Waals surface area (Å²) < 4.78 is 0. The largest absolute Gasteiger partial charge is 0.399 e. The Hall–Kier alpha value is -1.55. The molecule has 0 aliphatic heterocycles. The molecule has 1 saturated carbocycles. The normalized spacial score (nSPS) is 17.6. The van der Waals surface area contributed by atoms with Crippen LogP contribution < -0.4 is 11.1 Å². The summed E-state index contributed by atoms with van der Waals surface area (Å²) in [7, 11) is 0. The van der Waals surface area contributed by atoms with Gasteiger partial charge in [-0.15, -0.1) is 0 Å². The molecule has 0 aromatic heterocycles. The maximum absolute atomic E-state index is 12.1. The van der Waals surface area contributed by atoms with Gasteiger partial charge in [0.15, 0.2) is 0 Å². The van der Waals surface area contributed by atoms with Gasteiger partial charge in [0.05, 0.1) is 12.1 Å². The molecule has 4 nitrogen and oxygen atoms in total. The lowest BCUT2D eigenvalue weighted by atomic mass is 9.82. The van der Waals surface area contributed by atoms with E-state index >= 15 is 0 Å². The van der Waals surface area contributed by atoms with Crippen LogP contribution in [0.2, 0.25) is 0 Å². The lowest BCUT2D eigenvalue weighted by Crippen LogP contribution is -2.52. The Morgan fingerprint density at radius 1 is 1.25 bits per heavy atom. The van der Waals surface area contributed by atoms with Gasteiger partial charge in [-0.05, 0) is 30.9 Å². The Kier molecular flexibility index (Phi) is 5.01. The summed E-state index contributed by atoms with van der Waals surface area (Å²) in [4.78, 5) is 12.1. The van der Waals surface area contributed by atoms with Crippen LogP contribution in [0.25, 0.3) is 0 Å². The number of para-hydroxylation sites is 1. The minimum Gasteiger partial charge on any atom is -0.399 e. The maximum Gasteiger partial charge on any atom is 0.220 e. The summed E-state index contributed by atoms with van der Waals surface area (Å²) in [6.45, 7) is 0.0339. The predicted molar refractivity (Wildman–Crippen MR) is 80.2 cm³/mol. The third-order valence-corrected chi connectivity index (χ3v) is 4.19. The quantitative estimate of drug-likeness (QED) is 0.720. The molecule has 1 fully saturated rings. The molecule has 1 aliphatic carbocycles. The number of hydrogen-bond donors (Lipinski definition) is 3. The first-order chi connectivity index (χ1) is 9.65. The van der Waals surface area contributed by atoms with Crippen LogP contribution in [-0.2, 0) is 11.2 Å². The van der Waals surface area contributed by atoms with Crippen LogP contribution >= 0.6 is 0 Å². The number of rotatable bonds is 5. The highest BCUT2D eigenvalue weighted by atomic mass is 16.3. The first-order valence-corrected chi connectivity index (χ1v) is 7.40. The van der Waals surface area contributed by atoms with Crippen molar-refractivity contribution in [1.29, 1.82) is 0 Å². The lowest BCUT2D eigenvalue weighted by molar-refractivity contribution is -0.124. The number of aliphatic hydroxyl groups is 1. The molecule has 4 N–H and O–H groups in total. The Morgan fingerprint density at radius 3 is 2.60 bits per heavy atom. The van der Waals surface area contributed by atoms with E-state index in [-0.39, 0.29) is 12.5 Å². The predicted octanol–water partition coefficient (Wildman–Crippen LogP) is 2.01. The number of aryl methyl sites for hydroxylation is 1. The van der Waals surface area contributed by atoms with Crippen molar-refractivity contribution in [2.75, 3.05) is 12.3 Å². The van der Waals surface area contributed by atoms with Crippen molar-refractivity contribution in [3.63, 3.8) is 0 Å². The van der Waals surface area contributed by atoms with Crippen molar-refractivity contribution in [3.05, 3.63) is 29.8 Å². The van der Waals surface area contributed by atoms with Crippen LogP contribution in [0.15, 0.2) is 24.3 Å². The fourth-order valence-corrected chi connectivity index (χ4v) is 2.92. The number of nitrogen functional groups attached to an aromatic ring is 1. The van der Waals surface area contributed by atoms with Crippen molar-refractivity contribution in [3.8, 4) is 0 Å². The van der Waals surface area contributed by atoms with E-state index in [9.17, 15) is 9.90 Å². The van der Waals surface area contributed by atoms with Gasteiger partial charge in [0.1, 0.15) is 0 Å². The Bertz CT molecular complexity index is 454. The number of nitrogens with one attached hydrogen (secondary N) is 1. The molecule has 2 rings (SSSR count). The summed E-state index contributed by atoms with van der Waals surface area (Å²) in [5.41, 5.74) is 7.22. The van der Waals surface area contributed by atoms with E-state index < -0.39 is 5.54 Å². The highest BCUT2D eigenvalue weighted by molar-refractivity contribution is 5.77. The fraction of sp³-hybridized carbons (Fsp3) is 0.562. The molecule has 0 bridgehead atoms. The van der Waals surface area contributed by atoms with Gasteiger partial charge in [-0.3, -0.25) is 4.79 Å². The first kappa shape index (κ1) is 14.9. The summed E-state index contributed by atoms with van der Waals surface area (Å²) >= 11 is 0. The molecule has 110 valence electrons. The van der Waals surface area contributed by atoms with Gasteiger partial charge in [0, 0.05) is 12.1 Å². The fourth-order valence-electron chi connectivity index (χ4n) is 2.92. The molecule has 0 radical (unpaired) electrons. The number of amides is 1. The van der Waals surface area contributed by atoms with Crippen LogP contribution in [0.3, 0.4) is 0 Å². The highest BCUT2D eigenvalue weighted by Crippen LogP contribution is 2.27. The van der Waals surface area contributed by atoms with Gasteiger partial charge in [0.2, 0.25) is 5.91 Å². The molecule has 0 unspecified atom stereocenters. The van der Waals surface area contributed by atoms with E-state index in [1.54, 1.807) is 0 Å². The molecule has 1 aromatic rings. The van der Waals surface area contributed by atoms with E-state index in [4.69, 9.17) is 5.73 Å². The number of nitrogens with two attached hydrogens (primary N) is 1. The molecule has 0 heterocycles. The lowest BCUT2D eigenvalue weighted by Gasteiger charge is -2.36. The standard InChI is InChI=1S/C16H24N2O2/c17-14-7-3-2-6-13(14)8-9-15(20)18-16(12-19)10-4-1-5-11-16/h2-3,6-7,19H,1,4-5,8-12,17H2,(H,18,20). The molecule has 20 heavy (non-hydrogen) atoms. The second-order valence-electron chi connectivity index (χ2n) is 5.75. The number of carbonyl (C=O) groups is 1. The average molecular weight is 276 g/mol. The molecule has 1 amide bonds. The SMILES string of the molecule is Nc1ccccc1CCC(=O)NC1(CO)CCCCC1. The third-order valence-electron chi connectivity index (χ3n) is 4.19. The van der Waals surface area contributed by atoms with Crippen LogP contribution in [0.4, 0.5) is 5.69 Å². The zero-order chi connectivity index (χ0) is 14.4. The molecule has 1 aliphatic rings. The van der Waals surface area contributed by atoms with E-state index in [1.165, 1.54) is 6.42 Å². The number of benzene rings is 1. The van der Waals surface area contributed by atoms with Crippen LogP contribution in [0.1, 0.15) is 44.1 Å². The molecular weight excluding hydrogens is 252 g/mol. The monoisotopic (exact) mass is 276 g/mol. The van der Waals surface area contributed by atoms with Crippen LogP contribution in [0, 0.1) is 0 Å². The van der Waals surface area contributed by atoms with E-state index in [1.807, 2.05) is 24.3 Å². The zero-order valence-corrected chi connectivity index (χ0v) is 11.9. The molecular formula is C16H24N2O2. The molecule has 4 heteroatoms. The van der Waals surface area contributed by atoms with Crippen LogP contribution in [0.5, 0.6) is 0 Å². The van der Waals surface area contributed by atoms with Crippen molar-refractivity contribution >= 4 is 11.6 Å². The zero-order valence-electron chi connectivity index (χ0n) is 11.9. The van der Waals surface area contributed by atoms with Gasteiger partial charge in [-0.1, -0.05) is 37.5 Å². The minimum absolute atomic E-state index is 0.00389. The highest BCUT2D eigenvalue weighted by Gasteiger charge is 2.32. The topological polar surface area (TPSA) is 75.4 Å². The third kappa shape index (κ3) is 3.73. The summed E-state index contributed by atoms with van der Waals surface area (Å²) in [5.74, 6) is 0.00389. The summed E-state index contributed by atoms with van der Waals surface area (Å²) in [5, 5.41) is 12.6. The molecule has 0 spiro atoms. The maximum atomic E-state index is 12.1. The van der Waals surface area contributed by atoms with E-state index in [0.29, 0.717) is 12.8 Å². The van der Waals surface area contributed by atoms with Crippen molar-refractivity contribution in [1.82, 2.24) is 5.32 Å². The van der Waals surface area contributed by atoms with E-state index in [2.05, 4.69) is 5.32 Å². The van der Waals surface area contributed by atoms with Gasteiger partial charge in [-0.2, -0.15) is 0 Å². The summed E-state index contributed by atoms with van der Waals surface area (Å²) in [6.07, 6.45) is 6.15. The number of hydrogen-bond acceptors (Lipinski definition) is 3. The second-order valence-corrected chi connectivity index (χ2v) is 5.75. The van der Waals surface area contributed by atoms with E-state index in [0.717, 1.165) is 36.9 Å². The first-order valence-electron chi connectivity index (χ1n) is 7.40. The Morgan fingerprint density at radius 2 is 1.95 bits per heavy atom. The number of anilines is 1. The van der Waals surface area contributed by atoms with Gasteiger partial charge < -0.3 is 16.2 Å². The number of aliphatic hydroxyl groups excluding tert-OH is 1. The molecule has 0 atom stereocenters. The summed E-state index contributed by atoms with van der Waals surface area (Å²) in [6, 6.07) is 7.62. The van der Waals surface area contributed by atoms with Gasteiger partial charge in [-0.25, -0.2) is 0 Å². The molecule has 1 aromatic carbocycles. The Labute approximate surface area is 120 Å². The van der Waals surface area contributed by atoms with Gasteiger partial charge in [0.25, 0.3) is 0 Å². The Balaban J connectivity index is 1.87. The average Bonchev–Trinajstić information content (AvgIpc) is 2.47. The van der Waals surface area contributed by atoms with Crippen molar-refractivity contribution in [2.24, 2.45) is 0 Å². The smallest absolute Gasteiger partial charge is 0.220 e. The van der Waals surface area contributed by atoms with Crippen LogP contribution in [-0.4, -0.2) is 23.2 Å². The van der Waals surface area contributed by atoms with Gasteiger partial charge >= 0.3 is 0 Å². The van der Waals surface area contributed by atoms with Crippen molar-refractivity contribution < 1.29 is 9.90 Å². The molecule has 0 saturated heterocycles. The minimum atomic E-state index is -0.391. The van der Waals surface area contributed by atoms with Crippen molar-refractivity contribution in [2.45, 2.75) is 50.5 Å². The number of carbonyl (C=O) groups excluding carboxylic acids is 1. The second kappa shape index (κ2) is 6.75.